The molecule has 0 spiro atoms. The Morgan fingerprint density at radius 2 is 1.80 bits per heavy atom. The molecule has 0 saturated heterocycles. The quantitative estimate of drug-likeness (QED) is 0.646. The summed E-state index contributed by atoms with van der Waals surface area (Å²) in [6.45, 7) is 6.44. The third-order valence-electron chi connectivity index (χ3n) is 1.77. The summed E-state index contributed by atoms with van der Waals surface area (Å²) in [6.07, 6.45) is 0. The van der Waals surface area contributed by atoms with Crippen molar-refractivity contribution in [2.24, 2.45) is 0 Å². The summed E-state index contributed by atoms with van der Waals surface area (Å²) < 4.78 is 0. The normalized spacial score (nSPS) is 7.90. The van der Waals surface area contributed by atoms with Crippen LogP contribution in [0, 0.1) is 28.2 Å². The molecule has 0 N–H and O–H groups in total. The van der Waals surface area contributed by atoms with Gasteiger partial charge in [-0.2, -0.15) is 22.8 Å². The molecule has 0 unspecified atom stereocenters. The summed E-state index contributed by atoms with van der Waals surface area (Å²) in [5, 5.41) is 0. The van der Waals surface area contributed by atoms with Crippen molar-refractivity contribution in [2.45, 2.75) is 20.8 Å². The van der Waals surface area contributed by atoms with Crippen LogP contribution >= 0.6 is 0 Å². The molecule has 10 heavy (non-hydrogen) atoms. The first kappa shape index (κ1) is 12.7. The molecule has 0 nitrogen and oxygen atoms in total. The van der Waals surface area contributed by atoms with Gasteiger partial charge in [-0.3, -0.25) is 0 Å². The maximum Gasteiger partial charge on any atom is 2.00 e. The van der Waals surface area contributed by atoms with E-state index >= 15 is 0 Å². The fourth-order valence-electron chi connectivity index (χ4n) is 0.811. The Bertz CT molecular complexity index is 167. The van der Waals surface area contributed by atoms with Gasteiger partial charge in [0, 0.05) is 0 Å². The van der Waals surface area contributed by atoms with Crippen molar-refractivity contribution in [3.05, 3.63) is 36.2 Å². The summed E-state index contributed by atoms with van der Waals surface area (Å²) in [5.41, 5.74) is 4.25. The number of rotatable bonds is 0. The van der Waals surface area contributed by atoms with Crippen molar-refractivity contribution in [2.75, 3.05) is 0 Å². The van der Waals surface area contributed by atoms with E-state index < -0.39 is 0 Å². The Hall–Kier alpha value is 0.0383. The van der Waals surface area contributed by atoms with Gasteiger partial charge in [0.1, 0.15) is 0 Å². The van der Waals surface area contributed by atoms with Crippen LogP contribution in [0.1, 0.15) is 16.7 Å². The zero-order valence-corrected chi connectivity index (χ0v) is 9.24. The zero-order chi connectivity index (χ0) is 6.15. The largest absolute Gasteiger partial charge is 2.00 e. The second kappa shape index (κ2) is 4.79. The average molecular weight is 317 g/mol. The fraction of sp³-hybridized carbons (Fsp3) is 0.333. The van der Waals surface area contributed by atoms with Gasteiger partial charge in [0.25, 0.3) is 0 Å². The van der Waals surface area contributed by atoms with Crippen molar-refractivity contribution < 1.29 is 21.1 Å². The third kappa shape index (κ3) is 2.34. The summed E-state index contributed by atoms with van der Waals surface area (Å²) in [6, 6.07) is 4.31. The van der Waals surface area contributed by atoms with Crippen LogP contribution in [-0.2, 0) is 21.1 Å². The first-order valence-corrected chi connectivity index (χ1v) is 2.91. The van der Waals surface area contributed by atoms with Crippen LogP contribution in [0.25, 0.3) is 0 Å². The molecule has 0 fully saturated rings. The number of hydrogen-bond acceptors (Lipinski definition) is 0. The second-order valence-electron chi connectivity index (χ2n) is 2.32. The average Bonchev–Trinajstić information content (AvgIpc) is 1.98. The summed E-state index contributed by atoms with van der Waals surface area (Å²) in [5.74, 6) is 0. The Balaban J connectivity index is 0. The summed E-state index contributed by atoms with van der Waals surface area (Å²) >= 11 is 0. The molecule has 0 aromatic heterocycles. The molecule has 0 heterocycles. The molecule has 1 rings (SSSR count). The minimum Gasteiger partial charge on any atom is -0.358 e. The molecule has 0 aliphatic rings. The molecule has 0 aliphatic carbocycles. The first-order chi connectivity index (χ1) is 3.72. The molecule has 0 saturated carbocycles. The Kier molecular flexibility index (Phi) is 6.08. The van der Waals surface area contributed by atoms with Gasteiger partial charge in [-0.05, 0) is 0 Å². The molecule has 0 aliphatic heterocycles. The van der Waals surface area contributed by atoms with Crippen LogP contribution < -0.4 is 0 Å². The Morgan fingerprint density at radius 3 is 1.90 bits per heavy atom. The van der Waals surface area contributed by atoms with E-state index in [4.69, 9.17) is 0 Å². The van der Waals surface area contributed by atoms with E-state index in [1.165, 1.54) is 16.7 Å². The van der Waals surface area contributed by atoms with Crippen molar-refractivity contribution in [3.8, 4) is 0 Å². The van der Waals surface area contributed by atoms with Crippen LogP contribution in [0.4, 0.5) is 0 Å². The summed E-state index contributed by atoms with van der Waals surface area (Å²) in [7, 11) is 0. The maximum atomic E-state index is 2.16. The molecular weight excluding hydrogens is 303 g/mol. The number of hydrogen-bond donors (Lipinski definition) is 0. The first-order valence-electron chi connectivity index (χ1n) is 2.91. The SMILES string of the molecule is Cc1cc[c-](C)c1C.[CH3-].[Pt+2]. The topological polar surface area (TPSA) is 0 Å². The molecule has 60 valence electrons. The van der Waals surface area contributed by atoms with E-state index in [2.05, 4.69) is 32.9 Å². The van der Waals surface area contributed by atoms with Gasteiger partial charge in [0.15, 0.2) is 0 Å². The second-order valence-corrected chi connectivity index (χ2v) is 2.32. The van der Waals surface area contributed by atoms with Crippen molar-refractivity contribution >= 4 is 0 Å². The van der Waals surface area contributed by atoms with Gasteiger partial charge in [-0.15, -0.1) is 0 Å². The van der Waals surface area contributed by atoms with Crippen molar-refractivity contribution in [1.29, 1.82) is 0 Å². The smallest absolute Gasteiger partial charge is 0.358 e. The van der Waals surface area contributed by atoms with Gasteiger partial charge >= 0.3 is 21.1 Å². The minimum absolute atomic E-state index is 0. The van der Waals surface area contributed by atoms with Gasteiger partial charge in [0.05, 0.1) is 0 Å². The minimum atomic E-state index is 0. The van der Waals surface area contributed by atoms with Crippen molar-refractivity contribution in [1.82, 2.24) is 0 Å². The molecule has 1 aromatic carbocycles. The van der Waals surface area contributed by atoms with Crippen LogP contribution in [0.2, 0.25) is 0 Å². The van der Waals surface area contributed by atoms with Crippen LogP contribution in [0.3, 0.4) is 0 Å². The molecule has 0 atom stereocenters. The predicted molar refractivity (Wildman–Crippen MR) is 42.7 cm³/mol. The van der Waals surface area contributed by atoms with E-state index in [0.29, 0.717) is 0 Å². The molecule has 1 heteroatoms. The standard InChI is InChI=1S/C8H11.CH3.Pt/c1-6-4-5-7(2)8(6)3;;/h4-5H,1-3H3;1H3;/q2*-1;+2. The molecule has 0 bridgehead atoms. The predicted octanol–water partition coefficient (Wildman–Crippen LogP) is 2.78. The van der Waals surface area contributed by atoms with Gasteiger partial charge in [-0.25, -0.2) is 6.07 Å². The molecule has 1 aromatic rings. The van der Waals surface area contributed by atoms with Crippen LogP contribution in [0.5, 0.6) is 0 Å². The molecular formula is C9H14Pt. The van der Waals surface area contributed by atoms with Gasteiger partial charge in [-0.1, -0.05) is 20.8 Å². The molecule has 0 amide bonds. The van der Waals surface area contributed by atoms with Crippen molar-refractivity contribution in [3.63, 3.8) is 0 Å². The Morgan fingerprint density at radius 1 is 1.30 bits per heavy atom. The van der Waals surface area contributed by atoms with Crippen LogP contribution in [-0.4, -0.2) is 0 Å². The van der Waals surface area contributed by atoms with Gasteiger partial charge in [0.2, 0.25) is 0 Å². The van der Waals surface area contributed by atoms with Gasteiger partial charge < -0.3 is 7.43 Å². The van der Waals surface area contributed by atoms with Crippen LogP contribution in [0.15, 0.2) is 12.1 Å². The van der Waals surface area contributed by atoms with E-state index in [1.807, 2.05) is 0 Å². The third-order valence-corrected chi connectivity index (χ3v) is 1.77. The number of aryl methyl sites for hydroxylation is 2. The van der Waals surface area contributed by atoms with E-state index in [0.717, 1.165) is 0 Å². The maximum absolute atomic E-state index is 2.16. The summed E-state index contributed by atoms with van der Waals surface area (Å²) in [4.78, 5) is 0. The Labute approximate surface area is 78.3 Å². The van der Waals surface area contributed by atoms with E-state index in [-0.39, 0.29) is 28.5 Å². The molecule has 0 radical (unpaired) electrons. The fourth-order valence-corrected chi connectivity index (χ4v) is 0.811. The van der Waals surface area contributed by atoms with E-state index in [1.54, 1.807) is 0 Å². The zero-order valence-electron chi connectivity index (χ0n) is 6.97. The monoisotopic (exact) mass is 317 g/mol. The van der Waals surface area contributed by atoms with E-state index in [9.17, 15) is 0 Å².